The van der Waals surface area contributed by atoms with E-state index in [0.717, 1.165) is 0 Å². The lowest BCUT2D eigenvalue weighted by Crippen LogP contribution is -2.33. The summed E-state index contributed by atoms with van der Waals surface area (Å²) in [4.78, 5) is 0. The molecule has 2 bridgehead atoms. The Morgan fingerprint density at radius 2 is 0.655 bits per heavy atom. The maximum Gasteiger partial charge on any atom is 0.408 e. The van der Waals surface area contributed by atoms with E-state index in [1.54, 1.807) is 98.3 Å². The minimum absolute atomic E-state index is 0.150. The lowest BCUT2D eigenvalue weighted by molar-refractivity contribution is 0.145. The third-order valence-corrected chi connectivity index (χ3v) is 17.6. The molecule has 0 saturated heterocycles. The van der Waals surface area contributed by atoms with Gasteiger partial charge in [0.25, 0.3) is 0 Å². The van der Waals surface area contributed by atoms with Gasteiger partial charge >= 0.3 is 31.0 Å². The van der Waals surface area contributed by atoms with Crippen LogP contribution in [0.15, 0.2) is 24.3 Å². The van der Waals surface area contributed by atoms with Gasteiger partial charge in [-0.05, 0) is 93.2 Å². The van der Waals surface area contributed by atoms with Crippen LogP contribution in [0.25, 0.3) is 0 Å². The fraction of sp³-hybridized carbons (Fsp3) is 0.833. The van der Waals surface area contributed by atoms with Gasteiger partial charge in [-0.25, -0.2) is 36.9 Å². The number of hydrogen-bond donors (Lipinski definition) is 0. The second-order valence-corrected chi connectivity index (χ2v) is 20.7. The molecule has 1 heterocycles. The first-order valence-electron chi connectivity index (χ1n) is 20.8. The molecule has 0 aromatic heterocycles. The predicted octanol–water partition coefficient (Wildman–Crippen LogP) is 8.95. The highest BCUT2D eigenvalue weighted by molar-refractivity contribution is 7.52. The second kappa shape index (κ2) is 28.8. The van der Waals surface area contributed by atoms with Crippen molar-refractivity contribution in [3.8, 4) is 11.5 Å². The quantitative estimate of drug-likeness (QED) is 0.113. The van der Waals surface area contributed by atoms with Gasteiger partial charge in [-0.3, -0.25) is 36.2 Å². The van der Waals surface area contributed by atoms with Gasteiger partial charge in [-0.15, -0.1) is 0 Å². The average molecular weight is 909 g/mol. The summed E-state index contributed by atoms with van der Waals surface area (Å²) in [5.41, 5.74) is 0. The minimum Gasteiger partial charge on any atom is -0.492 e. The molecule has 0 amide bonds. The molecular formula is C36H72N4O14P4. The van der Waals surface area contributed by atoms with Crippen molar-refractivity contribution in [3.05, 3.63) is 24.3 Å². The van der Waals surface area contributed by atoms with Crippen molar-refractivity contribution in [2.45, 2.75) is 81.1 Å². The Labute approximate surface area is 348 Å². The van der Waals surface area contributed by atoms with Crippen LogP contribution in [0.5, 0.6) is 11.5 Å². The fourth-order valence-corrected chi connectivity index (χ4v) is 13.4. The summed E-state index contributed by atoms with van der Waals surface area (Å²) in [6, 6.07) is 7.12. The van der Waals surface area contributed by atoms with Crippen molar-refractivity contribution < 1.29 is 63.9 Å². The zero-order chi connectivity index (χ0) is 42.9. The normalized spacial score (nSPS) is 18.4. The largest absolute Gasteiger partial charge is 0.492 e. The average Bonchev–Trinajstić information content (AvgIpc) is 3.17. The Morgan fingerprint density at radius 3 is 0.914 bits per heavy atom. The van der Waals surface area contributed by atoms with Crippen LogP contribution in [0, 0.1) is 0 Å². The monoisotopic (exact) mass is 908 g/mol. The summed E-state index contributed by atoms with van der Waals surface area (Å²) >= 11 is 0. The Balaban J connectivity index is 2.57. The summed E-state index contributed by atoms with van der Waals surface area (Å²) in [7, 11) is -14.9. The van der Waals surface area contributed by atoms with Crippen LogP contribution in [-0.2, 0) is 54.5 Å². The van der Waals surface area contributed by atoms with Crippen molar-refractivity contribution in [3.63, 3.8) is 0 Å². The standard InChI is InChI=1S/C36H72N4O14P4/c1-9-47-55(41,48-10-2)37-24-17-18-25-38(56(42,49-11-3)50-12-4)27-21-29-40(58(44,53-15-7)54-16-8)31-33-46-36-23-19-22-35(34-36)45-32-30-39(28-20-26-37)57(43,51-13-5)52-14-6/h19,22-23,34H,9-18,20-21,24-33H2,1-8H3. The van der Waals surface area contributed by atoms with Gasteiger partial charge in [0.2, 0.25) is 0 Å². The van der Waals surface area contributed by atoms with Crippen molar-refractivity contribution in [2.24, 2.45) is 0 Å². The van der Waals surface area contributed by atoms with Crippen molar-refractivity contribution >= 4 is 31.0 Å². The summed E-state index contributed by atoms with van der Waals surface area (Å²) in [5, 5.41) is 0. The zero-order valence-corrected chi connectivity index (χ0v) is 39.7. The summed E-state index contributed by atoms with van der Waals surface area (Å²) in [6.07, 6.45) is 1.88. The van der Waals surface area contributed by atoms with E-state index in [1.165, 1.54) is 0 Å². The Morgan fingerprint density at radius 1 is 0.414 bits per heavy atom. The Kier molecular flexibility index (Phi) is 26.5. The molecule has 0 fully saturated rings. The Bertz CT molecular complexity index is 1330. The van der Waals surface area contributed by atoms with E-state index >= 15 is 0 Å². The third kappa shape index (κ3) is 17.6. The van der Waals surface area contributed by atoms with E-state index in [-0.39, 0.29) is 105 Å². The van der Waals surface area contributed by atoms with Crippen LogP contribution >= 0.6 is 31.0 Å². The van der Waals surface area contributed by atoms with Crippen LogP contribution in [-0.4, -0.2) is 137 Å². The number of nitrogens with zero attached hydrogens (tertiary/aromatic N) is 4. The van der Waals surface area contributed by atoms with Crippen LogP contribution in [0.3, 0.4) is 0 Å². The molecule has 58 heavy (non-hydrogen) atoms. The molecule has 22 heteroatoms. The van der Waals surface area contributed by atoms with E-state index in [1.807, 2.05) is 0 Å². The van der Waals surface area contributed by atoms with Gasteiger partial charge in [-0.2, -0.15) is 0 Å². The van der Waals surface area contributed by atoms with Crippen LogP contribution < -0.4 is 9.47 Å². The number of hydrogen-bond acceptors (Lipinski definition) is 14. The van der Waals surface area contributed by atoms with Crippen molar-refractivity contribution in [1.82, 2.24) is 18.7 Å². The molecule has 340 valence electrons. The molecule has 0 saturated carbocycles. The van der Waals surface area contributed by atoms with Crippen molar-refractivity contribution in [2.75, 3.05) is 118 Å². The molecule has 1 aliphatic rings. The highest BCUT2D eigenvalue weighted by atomic mass is 31.2. The first-order valence-corrected chi connectivity index (χ1v) is 26.8. The molecule has 0 N–H and O–H groups in total. The van der Waals surface area contributed by atoms with Crippen LogP contribution in [0.1, 0.15) is 81.1 Å². The predicted molar refractivity (Wildman–Crippen MR) is 226 cm³/mol. The first-order chi connectivity index (χ1) is 27.9. The van der Waals surface area contributed by atoms with Gasteiger partial charge in [0, 0.05) is 58.4 Å². The molecule has 1 aromatic rings. The highest BCUT2D eigenvalue weighted by Crippen LogP contribution is 2.55. The lowest BCUT2D eigenvalue weighted by atomic mass is 10.3. The third-order valence-electron chi connectivity index (χ3n) is 8.51. The van der Waals surface area contributed by atoms with Gasteiger partial charge in [0.15, 0.2) is 0 Å². The number of benzene rings is 1. The summed E-state index contributed by atoms with van der Waals surface area (Å²) in [5.74, 6) is 1.05. The maximum atomic E-state index is 14.2. The molecule has 0 aliphatic carbocycles. The summed E-state index contributed by atoms with van der Waals surface area (Å²) < 4.78 is 122. The molecule has 1 aliphatic heterocycles. The maximum absolute atomic E-state index is 14.2. The van der Waals surface area contributed by atoms with E-state index in [0.29, 0.717) is 50.3 Å². The summed E-state index contributed by atoms with van der Waals surface area (Å²) in [6.45, 7) is 17.8. The number of ether oxygens (including phenoxy) is 2. The van der Waals surface area contributed by atoms with Gasteiger partial charge in [-0.1, -0.05) is 6.07 Å². The molecule has 18 nitrogen and oxygen atoms in total. The number of fused-ring (bicyclic) bond motifs is 2. The van der Waals surface area contributed by atoms with Crippen molar-refractivity contribution in [1.29, 1.82) is 0 Å². The van der Waals surface area contributed by atoms with E-state index in [4.69, 9.17) is 45.7 Å². The fourth-order valence-electron chi connectivity index (χ4n) is 6.19. The smallest absolute Gasteiger partial charge is 0.408 e. The van der Waals surface area contributed by atoms with E-state index in [9.17, 15) is 18.3 Å². The molecule has 1 aromatic carbocycles. The van der Waals surface area contributed by atoms with Crippen LogP contribution in [0.2, 0.25) is 0 Å². The lowest BCUT2D eigenvalue weighted by Gasteiger charge is -2.33. The molecular weight excluding hydrogens is 836 g/mol. The molecule has 0 atom stereocenters. The number of rotatable bonds is 20. The molecule has 0 spiro atoms. The Hall–Kier alpha value is -0.740. The zero-order valence-electron chi connectivity index (χ0n) is 36.2. The van der Waals surface area contributed by atoms with E-state index in [2.05, 4.69) is 0 Å². The molecule has 0 radical (unpaired) electrons. The second-order valence-electron chi connectivity index (χ2n) is 12.6. The topological polar surface area (TPSA) is 174 Å². The minimum atomic E-state index is -3.72. The first kappa shape index (κ1) is 53.4. The SMILES string of the molecule is CCOP(=O)(OCC)N1CCCCN(P(=O)(OCC)OCC)CCCN(P(=O)(OCC)OCC)CCOc2cccc(c2)OCCN(P(=O)(OCC)OCC)CCC1. The highest BCUT2D eigenvalue weighted by Gasteiger charge is 2.38. The van der Waals surface area contributed by atoms with Gasteiger partial charge in [0.05, 0.1) is 52.9 Å². The van der Waals surface area contributed by atoms with Crippen LogP contribution in [0.4, 0.5) is 0 Å². The molecule has 2 rings (SSSR count). The van der Waals surface area contributed by atoms with Gasteiger partial charge < -0.3 is 9.47 Å². The molecule has 0 unspecified atom stereocenters. The van der Waals surface area contributed by atoms with E-state index < -0.39 is 31.0 Å². The van der Waals surface area contributed by atoms with Gasteiger partial charge in [0.1, 0.15) is 24.7 Å².